The number of nitrogens with one attached hydrogen (secondary N) is 2. The molecule has 1 atom stereocenters. The number of aromatic nitrogens is 1. The summed E-state index contributed by atoms with van der Waals surface area (Å²) in [6.45, 7) is 4.72. The monoisotopic (exact) mass is 399 g/mol. The van der Waals surface area contributed by atoms with Crippen LogP contribution in [0.3, 0.4) is 0 Å². The normalized spacial score (nSPS) is 12.0. The maximum absolute atomic E-state index is 12.2. The van der Waals surface area contributed by atoms with Crippen molar-refractivity contribution >= 4 is 34.5 Å². The molecule has 0 aliphatic rings. The van der Waals surface area contributed by atoms with E-state index >= 15 is 0 Å². The zero-order valence-corrected chi connectivity index (χ0v) is 16.9. The zero-order chi connectivity index (χ0) is 19.2. The molecule has 4 nitrogen and oxygen atoms in total. The minimum Gasteiger partial charge on any atom is -0.326 e. The number of hydrogen-bond donors (Lipinski definition) is 2. The van der Waals surface area contributed by atoms with Crippen molar-refractivity contribution in [1.82, 2.24) is 10.3 Å². The molecule has 3 rings (SSSR count). The fraction of sp³-hybridized carbons (Fsp3) is 0.238. The number of anilines is 1. The van der Waals surface area contributed by atoms with Gasteiger partial charge in [0.05, 0.1) is 12.1 Å². The van der Waals surface area contributed by atoms with Crippen LogP contribution in [0.2, 0.25) is 5.02 Å². The van der Waals surface area contributed by atoms with E-state index in [9.17, 15) is 4.79 Å². The summed E-state index contributed by atoms with van der Waals surface area (Å²) in [7, 11) is 0. The smallest absolute Gasteiger partial charge is 0.231 e. The maximum atomic E-state index is 12.2. The summed E-state index contributed by atoms with van der Waals surface area (Å²) in [5, 5.41) is 9.88. The maximum Gasteiger partial charge on any atom is 0.231 e. The highest BCUT2D eigenvalue weighted by molar-refractivity contribution is 7.09. The van der Waals surface area contributed by atoms with Gasteiger partial charge in [0.15, 0.2) is 0 Å². The van der Waals surface area contributed by atoms with Crippen LogP contribution in [0.4, 0.5) is 5.69 Å². The van der Waals surface area contributed by atoms with Gasteiger partial charge in [0.25, 0.3) is 0 Å². The lowest BCUT2D eigenvalue weighted by Crippen LogP contribution is -2.19. The van der Waals surface area contributed by atoms with E-state index in [0.717, 1.165) is 32.5 Å². The highest BCUT2D eigenvalue weighted by Gasteiger charge is 2.11. The molecule has 1 amide bonds. The van der Waals surface area contributed by atoms with Crippen LogP contribution in [0.5, 0.6) is 0 Å². The highest BCUT2D eigenvalue weighted by atomic mass is 35.5. The Labute approximate surface area is 168 Å². The number of rotatable bonds is 7. The average Bonchev–Trinajstić information content (AvgIpc) is 3.09. The van der Waals surface area contributed by atoms with Crippen molar-refractivity contribution in [2.24, 2.45) is 0 Å². The Morgan fingerprint density at radius 2 is 1.93 bits per heavy atom. The Hall–Kier alpha value is -2.21. The Balaban J connectivity index is 1.51. The van der Waals surface area contributed by atoms with Gasteiger partial charge in [-0.1, -0.05) is 47.5 Å². The Kier molecular flexibility index (Phi) is 6.61. The molecule has 0 aliphatic heterocycles. The van der Waals surface area contributed by atoms with Crippen molar-refractivity contribution in [3.63, 3.8) is 0 Å². The Morgan fingerprint density at radius 3 is 2.67 bits per heavy atom. The van der Waals surface area contributed by atoms with Crippen LogP contribution >= 0.6 is 22.9 Å². The van der Waals surface area contributed by atoms with Gasteiger partial charge in [0.1, 0.15) is 5.01 Å². The first-order valence-corrected chi connectivity index (χ1v) is 10.0. The summed E-state index contributed by atoms with van der Waals surface area (Å²) < 4.78 is 0. The van der Waals surface area contributed by atoms with Gasteiger partial charge in [0.2, 0.25) is 5.91 Å². The van der Waals surface area contributed by atoms with Crippen LogP contribution < -0.4 is 10.6 Å². The molecule has 1 heterocycles. The van der Waals surface area contributed by atoms with E-state index in [0.29, 0.717) is 6.54 Å². The van der Waals surface area contributed by atoms with E-state index in [1.165, 1.54) is 11.3 Å². The van der Waals surface area contributed by atoms with E-state index in [-0.39, 0.29) is 18.4 Å². The molecule has 0 fully saturated rings. The molecule has 0 saturated carbocycles. The first-order valence-electron chi connectivity index (χ1n) is 8.79. The van der Waals surface area contributed by atoms with Crippen molar-refractivity contribution in [2.45, 2.75) is 32.9 Å². The van der Waals surface area contributed by atoms with E-state index in [1.807, 2.05) is 60.8 Å². The van der Waals surface area contributed by atoms with Gasteiger partial charge in [-0.25, -0.2) is 4.98 Å². The lowest BCUT2D eigenvalue weighted by atomic mass is 10.1. The number of carbonyl (C=O) groups excluding carboxylic acids is 1. The third kappa shape index (κ3) is 5.63. The third-order valence-corrected chi connectivity index (χ3v) is 5.45. The first kappa shape index (κ1) is 19.5. The molecule has 3 aromatic rings. The van der Waals surface area contributed by atoms with Gasteiger partial charge < -0.3 is 10.6 Å². The van der Waals surface area contributed by atoms with Crippen LogP contribution in [0, 0.1) is 6.92 Å². The first-order chi connectivity index (χ1) is 13.0. The number of hydrogen-bond acceptors (Lipinski definition) is 4. The number of amides is 1. The summed E-state index contributed by atoms with van der Waals surface area (Å²) in [6, 6.07) is 15.7. The molecule has 0 spiro atoms. The summed E-state index contributed by atoms with van der Waals surface area (Å²) in [4.78, 5) is 16.7. The number of benzene rings is 2. The van der Waals surface area contributed by atoms with Crippen LogP contribution in [-0.4, -0.2) is 10.9 Å². The number of carbonyl (C=O) groups is 1. The van der Waals surface area contributed by atoms with Crippen molar-refractivity contribution in [3.05, 3.63) is 80.8 Å². The van der Waals surface area contributed by atoms with Crippen molar-refractivity contribution < 1.29 is 4.79 Å². The SMILES string of the molecule is Cc1ccc(NC(=O)Cc2nc(CN[C@@H](C)c3ccccc3Cl)cs2)cc1. The molecule has 2 N–H and O–H groups in total. The van der Waals surface area contributed by atoms with E-state index in [1.54, 1.807) is 0 Å². The predicted octanol–water partition coefficient (Wildman–Crippen LogP) is 5.14. The quantitative estimate of drug-likeness (QED) is 0.578. The number of nitrogens with zero attached hydrogens (tertiary/aromatic N) is 1. The van der Waals surface area contributed by atoms with Crippen LogP contribution in [0.1, 0.15) is 34.8 Å². The highest BCUT2D eigenvalue weighted by Crippen LogP contribution is 2.22. The molecular weight excluding hydrogens is 378 g/mol. The third-order valence-electron chi connectivity index (χ3n) is 4.21. The van der Waals surface area contributed by atoms with Gasteiger partial charge >= 0.3 is 0 Å². The van der Waals surface area contributed by atoms with Gasteiger partial charge in [-0.2, -0.15) is 0 Å². The standard InChI is InChI=1S/C21H22ClN3OS/c1-14-7-9-16(10-8-14)24-20(26)11-21-25-17(13-27-21)12-23-15(2)18-5-3-4-6-19(18)22/h3-10,13,15,23H,11-12H2,1-2H3,(H,24,26)/t15-/m0/s1. The van der Waals surface area contributed by atoms with E-state index in [4.69, 9.17) is 11.6 Å². The summed E-state index contributed by atoms with van der Waals surface area (Å²) in [6.07, 6.45) is 0.276. The molecule has 6 heteroatoms. The fourth-order valence-electron chi connectivity index (χ4n) is 2.68. The second-order valence-electron chi connectivity index (χ2n) is 6.45. The molecule has 0 unspecified atom stereocenters. The molecule has 0 aliphatic carbocycles. The summed E-state index contributed by atoms with van der Waals surface area (Å²) in [5.41, 5.74) is 3.96. The number of thiazole rings is 1. The van der Waals surface area contributed by atoms with E-state index in [2.05, 4.69) is 22.5 Å². The number of halogens is 1. The molecule has 2 aromatic carbocycles. The minimum absolute atomic E-state index is 0.0582. The fourth-order valence-corrected chi connectivity index (χ4v) is 3.78. The Morgan fingerprint density at radius 1 is 1.19 bits per heavy atom. The van der Waals surface area contributed by atoms with Gasteiger partial charge in [-0.3, -0.25) is 4.79 Å². The van der Waals surface area contributed by atoms with Gasteiger partial charge in [-0.15, -0.1) is 11.3 Å². The second kappa shape index (κ2) is 9.13. The minimum atomic E-state index is -0.0582. The molecule has 0 radical (unpaired) electrons. The van der Waals surface area contributed by atoms with Crippen molar-refractivity contribution in [1.29, 1.82) is 0 Å². The zero-order valence-electron chi connectivity index (χ0n) is 15.3. The predicted molar refractivity (Wildman–Crippen MR) is 112 cm³/mol. The lowest BCUT2D eigenvalue weighted by molar-refractivity contribution is -0.115. The number of aryl methyl sites for hydroxylation is 1. The average molecular weight is 400 g/mol. The molecule has 27 heavy (non-hydrogen) atoms. The molecule has 0 saturated heterocycles. The van der Waals surface area contributed by atoms with Crippen molar-refractivity contribution in [2.75, 3.05) is 5.32 Å². The topological polar surface area (TPSA) is 54.0 Å². The summed E-state index contributed by atoms with van der Waals surface area (Å²) >= 11 is 7.74. The summed E-state index contributed by atoms with van der Waals surface area (Å²) in [5.74, 6) is -0.0582. The van der Waals surface area contributed by atoms with Gasteiger partial charge in [0, 0.05) is 28.7 Å². The molecular formula is C21H22ClN3OS. The molecule has 1 aromatic heterocycles. The molecule has 140 valence electrons. The van der Waals surface area contributed by atoms with Crippen LogP contribution in [0.25, 0.3) is 0 Å². The molecule has 0 bridgehead atoms. The van der Waals surface area contributed by atoms with Crippen molar-refractivity contribution in [3.8, 4) is 0 Å². The van der Waals surface area contributed by atoms with E-state index < -0.39 is 0 Å². The van der Waals surface area contributed by atoms with Gasteiger partial charge in [-0.05, 0) is 37.6 Å². The lowest BCUT2D eigenvalue weighted by Gasteiger charge is -2.14. The largest absolute Gasteiger partial charge is 0.326 e. The van der Waals surface area contributed by atoms with Crippen LogP contribution in [-0.2, 0) is 17.8 Å². The van der Waals surface area contributed by atoms with Crippen LogP contribution in [0.15, 0.2) is 53.9 Å². The Bertz CT molecular complexity index is 908. The second-order valence-corrected chi connectivity index (χ2v) is 7.80.